The van der Waals surface area contributed by atoms with E-state index in [2.05, 4.69) is 11.5 Å². The molecule has 0 unspecified atom stereocenters. The van der Waals surface area contributed by atoms with Crippen molar-refractivity contribution in [1.29, 1.82) is 0 Å². The fourth-order valence-electron chi connectivity index (χ4n) is 3.17. The zero-order valence-electron chi connectivity index (χ0n) is 9.53. The van der Waals surface area contributed by atoms with E-state index in [-0.39, 0.29) is 12.2 Å². The van der Waals surface area contributed by atoms with Crippen LogP contribution in [0.2, 0.25) is 0 Å². The van der Waals surface area contributed by atoms with E-state index >= 15 is 0 Å². The molecule has 84 valence electrons. The van der Waals surface area contributed by atoms with Gasteiger partial charge in [-0.05, 0) is 38.8 Å². The zero-order valence-corrected chi connectivity index (χ0v) is 9.53. The Morgan fingerprint density at radius 2 is 2.20 bits per heavy atom. The lowest BCUT2D eigenvalue weighted by Gasteiger charge is -2.37. The second-order valence-corrected chi connectivity index (χ2v) is 5.32. The normalized spacial score (nSPS) is 44.1. The third kappa shape index (κ3) is 1.45. The summed E-state index contributed by atoms with van der Waals surface area (Å²) in [5.41, 5.74) is 1.23. The van der Waals surface area contributed by atoms with Crippen molar-refractivity contribution in [3.63, 3.8) is 0 Å². The Bertz CT molecular complexity index is 300. The van der Waals surface area contributed by atoms with Gasteiger partial charge in [0.05, 0.1) is 0 Å². The molecule has 0 aromatic heterocycles. The fraction of sp³-hybridized carbons (Fsp3) is 0.833. The van der Waals surface area contributed by atoms with E-state index in [4.69, 9.17) is 9.47 Å². The molecule has 3 aliphatic rings. The molecule has 3 nitrogen and oxygen atoms in total. The van der Waals surface area contributed by atoms with Gasteiger partial charge in [-0.25, -0.2) is 0 Å². The summed E-state index contributed by atoms with van der Waals surface area (Å²) in [5, 5.41) is 0. The van der Waals surface area contributed by atoms with Crippen LogP contribution in [0.1, 0.15) is 26.7 Å². The van der Waals surface area contributed by atoms with E-state index in [0.29, 0.717) is 6.04 Å². The van der Waals surface area contributed by atoms with Crippen molar-refractivity contribution < 1.29 is 9.47 Å². The first-order chi connectivity index (χ1) is 7.07. The number of hydrogen-bond acceptors (Lipinski definition) is 3. The molecular weight excluding hydrogens is 190 g/mol. The van der Waals surface area contributed by atoms with Crippen LogP contribution in [0.5, 0.6) is 0 Å². The predicted molar refractivity (Wildman–Crippen MR) is 57.6 cm³/mol. The van der Waals surface area contributed by atoms with Crippen molar-refractivity contribution in [3.8, 4) is 0 Å². The molecule has 0 spiro atoms. The Morgan fingerprint density at radius 3 is 3.00 bits per heavy atom. The van der Waals surface area contributed by atoms with Gasteiger partial charge in [-0.2, -0.15) is 0 Å². The lowest BCUT2D eigenvalue weighted by Crippen LogP contribution is -2.49. The standard InChI is InChI=1S/C12H19NO2/c1-8-9-5-4-6-13(9)7-10-11(8)15-12(2,3)14-10/h9-11H,1,4-7H2,2-3H3/t9-,10+,11+/m1/s1. The molecule has 3 heterocycles. The van der Waals surface area contributed by atoms with Gasteiger partial charge in [-0.15, -0.1) is 0 Å². The summed E-state index contributed by atoms with van der Waals surface area (Å²) in [6.45, 7) is 10.4. The highest BCUT2D eigenvalue weighted by atomic mass is 16.8. The van der Waals surface area contributed by atoms with Crippen LogP contribution < -0.4 is 0 Å². The largest absolute Gasteiger partial charge is 0.343 e. The summed E-state index contributed by atoms with van der Waals surface area (Å²) in [5.74, 6) is -0.433. The molecule has 3 rings (SSSR count). The van der Waals surface area contributed by atoms with E-state index < -0.39 is 5.79 Å². The van der Waals surface area contributed by atoms with Crippen LogP contribution in [0.25, 0.3) is 0 Å². The molecule has 3 fully saturated rings. The second kappa shape index (κ2) is 3.06. The van der Waals surface area contributed by atoms with E-state index in [9.17, 15) is 0 Å². The summed E-state index contributed by atoms with van der Waals surface area (Å²) in [7, 11) is 0. The van der Waals surface area contributed by atoms with Crippen molar-refractivity contribution in [2.24, 2.45) is 0 Å². The molecule has 0 saturated carbocycles. The first kappa shape index (κ1) is 9.82. The first-order valence-corrected chi connectivity index (χ1v) is 5.85. The lowest BCUT2D eigenvalue weighted by molar-refractivity contribution is -0.143. The molecule has 3 aliphatic heterocycles. The molecule has 0 aromatic rings. The lowest BCUT2D eigenvalue weighted by atomic mass is 9.93. The van der Waals surface area contributed by atoms with Gasteiger partial charge >= 0.3 is 0 Å². The number of rotatable bonds is 0. The fourth-order valence-corrected chi connectivity index (χ4v) is 3.17. The Hall–Kier alpha value is -0.380. The van der Waals surface area contributed by atoms with Crippen LogP contribution in [0.15, 0.2) is 12.2 Å². The minimum absolute atomic E-state index is 0.124. The van der Waals surface area contributed by atoms with Gasteiger partial charge in [-0.3, -0.25) is 4.90 Å². The smallest absolute Gasteiger partial charge is 0.164 e. The molecule has 0 aliphatic carbocycles. The SMILES string of the molecule is C=C1[C@H]2CCCN2C[C@@H]2OC(C)(C)O[C@@H]12. The third-order valence-electron chi connectivity index (χ3n) is 3.76. The Balaban J connectivity index is 1.85. The molecule has 3 atom stereocenters. The van der Waals surface area contributed by atoms with Gasteiger partial charge in [-0.1, -0.05) is 6.58 Å². The van der Waals surface area contributed by atoms with Crippen LogP contribution in [0.3, 0.4) is 0 Å². The van der Waals surface area contributed by atoms with Gasteiger partial charge in [0.25, 0.3) is 0 Å². The minimum Gasteiger partial charge on any atom is -0.343 e. The maximum Gasteiger partial charge on any atom is 0.164 e. The van der Waals surface area contributed by atoms with Crippen LogP contribution in [0, 0.1) is 0 Å². The highest BCUT2D eigenvalue weighted by Gasteiger charge is 2.49. The molecule has 0 radical (unpaired) electrons. The van der Waals surface area contributed by atoms with E-state index in [1.54, 1.807) is 0 Å². The molecule has 0 N–H and O–H groups in total. The molecule has 15 heavy (non-hydrogen) atoms. The summed E-state index contributed by atoms with van der Waals surface area (Å²) in [6, 6.07) is 0.545. The monoisotopic (exact) mass is 209 g/mol. The Labute approximate surface area is 91.0 Å². The van der Waals surface area contributed by atoms with Crippen LogP contribution >= 0.6 is 0 Å². The van der Waals surface area contributed by atoms with Gasteiger partial charge in [0, 0.05) is 12.6 Å². The zero-order chi connectivity index (χ0) is 10.6. The third-order valence-corrected chi connectivity index (χ3v) is 3.76. The van der Waals surface area contributed by atoms with Crippen LogP contribution in [0.4, 0.5) is 0 Å². The first-order valence-electron chi connectivity index (χ1n) is 5.85. The predicted octanol–water partition coefficient (Wildman–Crippen LogP) is 1.54. The molecular formula is C12H19NO2. The van der Waals surface area contributed by atoms with Crippen molar-refractivity contribution in [2.75, 3.05) is 13.1 Å². The molecule has 0 amide bonds. The second-order valence-electron chi connectivity index (χ2n) is 5.32. The Morgan fingerprint density at radius 1 is 1.40 bits per heavy atom. The van der Waals surface area contributed by atoms with Crippen molar-refractivity contribution in [2.45, 2.75) is 50.7 Å². The molecule has 0 bridgehead atoms. The number of piperidine rings is 1. The van der Waals surface area contributed by atoms with Crippen molar-refractivity contribution >= 4 is 0 Å². The van der Waals surface area contributed by atoms with E-state index in [0.717, 1.165) is 6.54 Å². The summed E-state index contributed by atoms with van der Waals surface area (Å²) in [4.78, 5) is 2.49. The number of nitrogens with zero attached hydrogens (tertiary/aromatic N) is 1. The van der Waals surface area contributed by atoms with Crippen LogP contribution in [-0.2, 0) is 9.47 Å². The average molecular weight is 209 g/mol. The highest BCUT2D eigenvalue weighted by molar-refractivity contribution is 5.21. The number of hydrogen-bond donors (Lipinski definition) is 0. The Kier molecular flexibility index (Phi) is 2.00. The molecule has 3 saturated heterocycles. The van der Waals surface area contributed by atoms with Gasteiger partial charge in [0.2, 0.25) is 0 Å². The maximum atomic E-state index is 5.92. The quantitative estimate of drug-likeness (QED) is 0.565. The topological polar surface area (TPSA) is 21.7 Å². The number of fused-ring (bicyclic) bond motifs is 2. The van der Waals surface area contributed by atoms with Crippen molar-refractivity contribution in [1.82, 2.24) is 4.90 Å². The average Bonchev–Trinajstić information content (AvgIpc) is 2.68. The summed E-state index contributed by atoms with van der Waals surface area (Å²) in [6.07, 6.45) is 2.85. The molecule has 0 aromatic carbocycles. The number of ether oxygens (including phenoxy) is 2. The maximum absolute atomic E-state index is 5.92. The van der Waals surface area contributed by atoms with E-state index in [1.807, 2.05) is 13.8 Å². The van der Waals surface area contributed by atoms with E-state index in [1.165, 1.54) is 25.0 Å². The molecule has 3 heteroatoms. The van der Waals surface area contributed by atoms with Gasteiger partial charge in [0.15, 0.2) is 5.79 Å². The van der Waals surface area contributed by atoms with Crippen molar-refractivity contribution in [3.05, 3.63) is 12.2 Å². The summed E-state index contributed by atoms with van der Waals surface area (Å²) < 4.78 is 11.8. The van der Waals surface area contributed by atoms with Gasteiger partial charge in [0.1, 0.15) is 12.2 Å². The van der Waals surface area contributed by atoms with Gasteiger partial charge < -0.3 is 9.47 Å². The summed E-state index contributed by atoms with van der Waals surface area (Å²) >= 11 is 0. The van der Waals surface area contributed by atoms with Crippen LogP contribution in [-0.4, -0.2) is 42.0 Å². The highest BCUT2D eigenvalue weighted by Crippen LogP contribution is 2.40. The minimum atomic E-state index is -0.433.